The Hall–Kier alpha value is -2.22. The number of thioether (sulfide) groups is 1. The van der Waals surface area contributed by atoms with Gasteiger partial charge < -0.3 is 10.6 Å². The largest absolute Gasteiger partial charge is 0.343 e. The molecule has 1 unspecified atom stereocenters. The van der Waals surface area contributed by atoms with E-state index in [1.54, 1.807) is 16.3 Å². The molecule has 2 heterocycles. The molecule has 8 heteroatoms. The highest BCUT2D eigenvalue weighted by molar-refractivity contribution is 7.98. The number of benzene rings is 1. The second-order valence-electron chi connectivity index (χ2n) is 5.45. The van der Waals surface area contributed by atoms with Crippen LogP contribution in [0, 0.1) is 0 Å². The van der Waals surface area contributed by atoms with Gasteiger partial charge in [0.15, 0.2) is 0 Å². The van der Waals surface area contributed by atoms with E-state index in [1.807, 2.05) is 30.5 Å². The van der Waals surface area contributed by atoms with Crippen LogP contribution >= 0.6 is 11.8 Å². The molecule has 2 aromatic rings. The van der Waals surface area contributed by atoms with Crippen LogP contribution < -0.4 is 16.3 Å². The molecule has 1 atom stereocenters. The highest BCUT2D eigenvalue weighted by Gasteiger charge is 2.20. The molecule has 1 aliphatic rings. The third-order valence-electron chi connectivity index (χ3n) is 3.94. The number of fused-ring (bicyclic) bond motifs is 1. The van der Waals surface area contributed by atoms with E-state index in [-0.39, 0.29) is 17.8 Å². The zero-order valence-corrected chi connectivity index (χ0v) is 13.7. The molecular formula is C15H19N5O2S. The molecule has 3 rings (SSSR count). The summed E-state index contributed by atoms with van der Waals surface area (Å²) >= 11 is 1.66. The summed E-state index contributed by atoms with van der Waals surface area (Å²) in [5.41, 5.74) is 0.581. The summed E-state index contributed by atoms with van der Waals surface area (Å²) in [6, 6.07) is 7.51. The summed E-state index contributed by atoms with van der Waals surface area (Å²) in [5.74, 6) is 0.757. The van der Waals surface area contributed by atoms with Crippen LogP contribution in [0.1, 0.15) is 18.7 Å². The van der Waals surface area contributed by atoms with Gasteiger partial charge in [-0.2, -0.15) is 5.10 Å². The minimum Gasteiger partial charge on any atom is -0.335 e. The van der Waals surface area contributed by atoms with Crippen molar-refractivity contribution in [3.05, 3.63) is 40.6 Å². The first-order valence-corrected chi connectivity index (χ1v) is 8.74. The van der Waals surface area contributed by atoms with Crippen molar-refractivity contribution >= 4 is 23.5 Å². The molecule has 0 saturated carbocycles. The van der Waals surface area contributed by atoms with Crippen LogP contribution in [-0.2, 0) is 13.0 Å². The maximum atomic E-state index is 12.1. The topological polar surface area (TPSA) is 91.8 Å². The van der Waals surface area contributed by atoms with Crippen LogP contribution in [0.4, 0.5) is 10.5 Å². The number of aromatic nitrogens is 3. The first-order valence-electron chi connectivity index (χ1n) is 7.51. The van der Waals surface area contributed by atoms with Gasteiger partial charge in [-0.1, -0.05) is 0 Å². The van der Waals surface area contributed by atoms with Crippen LogP contribution in [0.25, 0.3) is 0 Å². The quantitative estimate of drug-likeness (QED) is 0.747. The van der Waals surface area contributed by atoms with Gasteiger partial charge in [0.2, 0.25) is 0 Å². The van der Waals surface area contributed by atoms with Gasteiger partial charge in [0.05, 0.1) is 0 Å². The maximum Gasteiger partial charge on any atom is 0.343 e. The van der Waals surface area contributed by atoms with E-state index in [0.29, 0.717) is 19.4 Å². The normalized spacial score (nSPS) is 17.2. The summed E-state index contributed by atoms with van der Waals surface area (Å²) in [6.07, 6.45) is 4.16. The lowest BCUT2D eigenvalue weighted by atomic mass is 10.1. The molecule has 1 aromatic carbocycles. The zero-order chi connectivity index (χ0) is 16.2. The summed E-state index contributed by atoms with van der Waals surface area (Å²) in [7, 11) is 0. The number of carbonyl (C=O) groups is 1. The summed E-state index contributed by atoms with van der Waals surface area (Å²) in [6.45, 7) is 0.567. The Bertz CT molecular complexity index is 737. The molecule has 7 nitrogen and oxygen atoms in total. The first kappa shape index (κ1) is 15.7. The van der Waals surface area contributed by atoms with Gasteiger partial charge in [0.1, 0.15) is 5.82 Å². The van der Waals surface area contributed by atoms with E-state index in [0.717, 1.165) is 22.8 Å². The number of urea groups is 1. The van der Waals surface area contributed by atoms with Crippen molar-refractivity contribution in [2.75, 3.05) is 11.6 Å². The summed E-state index contributed by atoms with van der Waals surface area (Å²) in [5, 5.41) is 12.3. The minimum absolute atomic E-state index is 0.0292. The average molecular weight is 333 g/mol. The monoisotopic (exact) mass is 333 g/mol. The third kappa shape index (κ3) is 3.76. The molecule has 0 spiro atoms. The number of anilines is 1. The van der Waals surface area contributed by atoms with Gasteiger partial charge in [0.25, 0.3) is 0 Å². The predicted molar refractivity (Wildman–Crippen MR) is 90.0 cm³/mol. The number of hydrogen-bond acceptors (Lipinski definition) is 4. The second-order valence-corrected chi connectivity index (χ2v) is 6.33. The van der Waals surface area contributed by atoms with E-state index in [9.17, 15) is 9.59 Å². The van der Waals surface area contributed by atoms with Crippen molar-refractivity contribution in [1.29, 1.82) is 0 Å². The Morgan fingerprint density at radius 1 is 1.35 bits per heavy atom. The number of H-pyrrole nitrogens is 1. The lowest BCUT2D eigenvalue weighted by Gasteiger charge is -2.16. The Kier molecular flexibility index (Phi) is 4.71. The molecule has 3 N–H and O–H groups in total. The SMILES string of the molecule is CSc1ccc(NC(=O)NC2CCc3n[nH]c(=O)n3CC2)cc1. The van der Waals surface area contributed by atoms with Gasteiger partial charge in [-0.15, -0.1) is 11.8 Å². The van der Waals surface area contributed by atoms with Crippen molar-refractivity contribution in [1.82, 2.24) is 20.1 Å². The van der Waals surface area contributed by atoms with Gasteiger partial charge in [-0.3, -0.25) is 4.57 Å². The lowest BCUT2D eigenvalue weighted by molar-refractivity contribution is 0.247. The molecule has 1 aliphatic heterocycles. The molecule has 122 valence electrons. The zero-order valence-electron chi connectivity index (χ0n) is 12.8. The minimum atomic E-state index is -0.222. The highest BCUT2D eigenvalue weighted by atomic mass is 32.2. The Labute approximate surface area is 137 Å². The molecule has 1 aromatic heterocycles. The van der Waals surface area contributed by atoms with E-state index in [2.05, 4.69) is 20.8 Å². The van der Waals surface area contributed by atoms with Gasteiger partial charge in [0, 0.05) is 29.6 Å². The third-order valence-corrected chi connectivity index (χ3v) is 4.68. The fraction of sp³-hybridized carbons (Fsp3) is 0.400. The predicted octanol–water partition coefficient (Wildman–Crippen LogP) is 1.82. The van der Waals surface area contributed by atoms with Crippen molar-refractivity contribution < 1.29 is 4.79 Å². The van der Waals surface area contributed by atoms with Gasteiger partial charge in [-0.25, -0.2) is 14.7 Å². The van der Waals surface area contributed by atoms with Crippen molar-refractivity contribution in [3.63, 3.8) is 0 Å². The highest BCUT2D eigenvalue weighted by Crippen LogP contribution is 2.17. The van der Waals surface area contributed by atoms with Crippen molar-refractivity contribution in [2.24, 2.45) is 0 Å². The Morgan fingerprint density at radius 2 is 2.13 bits per heavy atom. The fourth-order valence-electron chi connectivity index (χ4n) is 2.68. The van der Waals surface area contributed by atoms with E-state index in [1.165, 1.54) is 0 Å². The number of rotatable bonds is 3. The molecule has 0 radical (unpaired) electrons. The van der Waals surface area contributed by atoms with E-state index < -0.39 is 0 Å². The first-order chi connectivity index (χ1) is 11.2. The smallest absolute Gasteiger partial charge is 0.335 e. The summed E-state index contributed by atoms with van der Waals surface area (Å²) in [4.78, 5) is 24.8. The summed E-state index contributed by atoms with van der Waals surface area (Å²) < 4.78 is 1.64. The van der Waals surface area contributed by atoms with Crippen LogP contribution in [0.3, 0.4) is 0 Å². The lowest BCUT2D eigenvalue weighted by Crippen LogP contribution is -2.38. The molecular weight excluding hydrogens is 314 g/mol. The van der Waals surface area contributed by atoms with Gasteiger partial charge >= 0.3 is 11.7 Å². The Morgan fingerprint density at radius 3 is 2.87 bits per heavy atom. The van der Waals surface area contributed by atoms with Crippen LogP contribution in [0.5, 0.6) is 0 Å². The van der Waals surface area contributed by atoms with Crippen LogP contribution in [-0.4, -0.2) is 33.1 Å². The van der Waals surface area contributed by atoms with Crippen LogP contribution in [0.2, 0.25) is 0 Å². The van der Waals surface area contributed by atoms with Gasteiger partial charge in [-0.05, 0) is 43.4 Å². The van der Waals surface area contributed by atoms with Crippen molar-refractivity contribution in [2.45, 2.75) is 36.7 Å². The number of hydrogen-bond donors (Lipinski definition) is 3. The van der Waals surface area contributed by atoms with E-state index >= 15 is 0 Å². The number of amides is 2. The fourth-order valence-corrected chi connectivity index (χ4v) is 3.08. The standard InChI is InChI=1S/C15H19N5O2S/c1-23-12-5-2-10(3-6-12)16-14(21)17-11-4-7-13-18-19-15(22)20(13)9-8-11/h2-3,5-6,11H,4,7-9H2,1H3,(H,19,22)(H2,16,17,21). The van der Waals surface area contributed by atoms with Crippen LogP contribution in [0.15, 0.2) is 34.0 Å². The number of carbonyl (C=O) groups excluding carboxylic acids is 1. The second kappa shape index (κ2) is 6.91. The van der Waals surface area contributed by atoms with Crippen molar-refractivity contribution in [3.8, 4) is 0 Å². The number of aromatic amines is 1. The molecule has 0 aliphatic carbocycles. The molecule has 0 bridgehead atoms. The molecule has 0 fully saturated rings. The molecule has 0 saturated heterocycles. The number of aryl methyl sites for hydroxylation is 1. The Balaban J connectivity index is 1.55. The molecule has 2 amide bonds. The van der Waals surface area contributed by atoms with E-state index in [4.69, 9.17) is 0 Å². The number of nitrogens with one attached hydrogen (secondary N) is 3. The average Bonchev–Trinajstić information content (AvgIpc) is 2.78. The molecule has 23 heavy (non-hydrogen) atoms. The number of nitrogens with zero attached hydrogens (tertiary/aromatic N) is 2. The maximum absolute atomic E-state index is 12.1.